The van der Waals surface area contributed by atoms with E-state index in [0.29, 0.717) is 11.8 Å². The lowest BCUT2D eigenvalue weighted by Crippen LogP contribution is -2.47. The first-order valence-electron chi connectivity index (χ1n) is 11.7. The topological polar surface area (TPSA) is 26.8 Å². The number of carbonyl (C=O) groups is 1. The van der Waals surface area contributed by atoms with Gasteiger partial charge in [-0.1, -0.05) is 25.0 Å². The summed E-state index contributed by atoms with van der Waals surface area (Å²) in [4.78, 5) is 19.2. The fraction of sp³-hybridized carbons (Fsp3) is 0.708. The van der Waals surface area contributed by atoms with Gasteiger partial charge in [0.25, 0.3) is 0 Å². The summed E-state index contributed by atoms with van der Waals surface area (Å²) in [6.45, 7) is 6.99. The summed E-state index contributed by atoms with van der Waals surface area (Å²) in [5, 5.41) is 0. The molecule has 0 aromatic heterocycles. The van der Waals surface area contributed by atoms with Gasteiger partial charge in [-0.3, -0.25) is 9.69 Å². The Morgan fingerprint density at radius 1 is 0.897 bits per heavy atom. The van der Waals surface area contributed by atoms with Crippen molar-refractivity contribution in [1.82, 2.24) is 9.80 Å². The molecular weight excluding hydrogens is 365 g/mol. The van der Waals surface area contributed by atoms with Crippen LogP contribution in [0.25, 0.3) is 0 Å². The van der Waals surface area contributed by atoms with Crippen molar-refractivity contribution < 1.29 is 9.18 Å². The maximum Gasteiger partial charge on any atom is 0.222 e. The normalized spacial score (nSPS) is 26.1. The zero-order chi connectivity index (χ0) is 20.1. The minimum absolute atomic E-state index is 0.110. The van der Waals surface area contributed by atoms with Gasteiger partial charge in [-0.15, -0.1) is 0 Å². The van der Waals surface area contributed by atoms with Crippen molar-refractivity contribution in [3.63, 3.8) is 0 Å². The molecule has 4 nitrogen and oxygen atoms in total. The molecule has 3 aliphatic rings. The van der Waals surface area contributed by atoms with Crippen LogP contribution in [0.5, 0.6) is 0 Å². The largest absolute Gasteiger partial charge is 0.367 e. The van der Waals surface area contributed by atoms with Crippen LogP contribution in [0.2, 0.25) is 0 Å². The van der Waals surface area contributed by atoms with Crippen molar-refractivity contribution in [2.24, 2.45) is 11.8 Å². The number of anilines is 1. The number of amides is 1. The van der Waals surface area contributed by atoms with Gasteiger partial charge in [-0.2, -0.15) is 0 Å². The number of benzene rings is 1. The van der Waals surface area contributed by atoms with Crippen molar-refractivity contribution in [2.75, 3.05) is 50.7 Å². The van der Waals surface area contributed by atoms with E-state index in [4.69, 9.17) is 0 Å². The number of likely N-dealkylation sites (tertiary alicyclic amines) is 1. The Morgan fingerprint density at radius 3 is 2.24 bits per heavy atom. The fourth-order valence-corrected chi connectivity index (χ4v) is 5.35. The monoisotopic (exact) mass is 401 g/mol. The second kappa shape index (κ2) is 9.92. The highest BCUT2D eigenvalue weighted by atomic mass is 19.1. The molecule has 1 aromatic carbocycles. The number of piperazine rings is 1. The Balaban J connectivity index is 1.12. The molecule has 1 amide bonds. The van der Waals surface area contributed by atoms with Crippen LogP contribution in [0.1, 0.15) is 51.4 Å². The summed E-state index contributed by atoms with van der Waals surface area (Å²) in [6.07, 6.45) is 9.45. The smallest absolute Gasteiger partial charge is 0.222 e. The van der Waals surface area contributed by atoms with E-state index in [2.05, 4.69) is 14.7 Å². The van der Waals surface area contributed by atoms with Crippen LogP contribution < -0.4 is 4.90 Å². The van der Waals surface area contributed by atoms with E-state index in [-0.39, 0.29) is 5.82 Å². The predicted molar refractivity (Wildman–Crippen MR) is 116 cm³/mol. The Morgan fingerprint density at radius 2 is 1.55 bits per heavy atom. The number of nitrogens with zero attached hydrogens (tertiary/aromatic N) is 3. The van der Waals surface area contributed by atoms with E-state index in [1.165, 1.54) is 44.9 Å². The van der Waals surface area contributed by atoms with Gasteiger partial charge in [0.05, 0.1) is 5.69 Å². The fourth-order valence-electron chi connectivity index (χ4n) is 5.35. The molecule has 2 heterocycles. The number of hydrogen-bond acceptors (Lipinski definition) is 3. The second-order valence-electron chi connectivity index (χ2n) is 9.25. The Bertz CT molecular complexity index is 660. The molecule has 0 atom stereocenters. The molecule has 0 unspecified atom stereocenters. The first-order valence-corrected chi connectivity index (χ1v) is 11.7. The van der Waals surface area contributed by atoms with E-state index in [9.17, 15) is 9.18 Å². The minimum atomic E-state index is -0.110. The Labute approximate surface area is 175 Å². The van der Waals surface area contributed by atoms with Crippen molar-refractivity contribution in [3.05, 3.63) is 30.1 Å². The molecule has 2 saturated heterocycles. The van der Waals surface area contributed by atoms with E-state index >= 15 is 0 Å². The lowest BCUT2D eigenvalue weighted by molar-refractivity contribution is -0.131. The first kappa shape index (κ1) is 20.6. The number of halogens is 1. The van der Waals surface area contributed by atoms with Gasteiger partial charge in [0.2, 0.25) is 5.91 Å². The Kier molecular flexibility index (Phi) is 7.06. The number of hydrogen-bond donors (Lipinski definition) is 0. The molecule has 1 aliphatic carbocycles. The third-order valence-corrected chi connectivity index (χ3v) is 7.31. The van der Waals surface area contributed by atoms with Gasteiger partial charge in [0, 0.05) is 45.7 Å². The third kappa shape index (κ3) is 5.50. The lowest BCUT2D eigenvalue weighted by Gasteiger charge is -2.37. The van der Waals surface area contributed by atoms with Gasteiger partial charge in [0.1, 0.15) is 5.82 Å². The highest BCUT2D eigenvalue weighted by Crippen LogP contribution is 2.33. The van der Waals surface area contributed by atoms with Crippen molar-refractivity contribution in [1.29, 1.82) is 0 Å². The van der Waals surface area contributed by atoms with Crippen molar-refractivity contribution >= 4 is 11.6 Å². The average Bonchev–Trinajstić information content (AvgIpc) is 3.29. The molecule has 160 valence electrons. The summed E-state index contributed by atoms with van der Waals surface area (Å²) in [7, 11) is 0. The molecular formula is C24H36FN3O. The van der Waals surface area contributed by atoms with E-state index in [1.807, 2.05) is 12.1 Å². The van der Waals surface area contributed by atoms with Crippen molar-refractivity contribution in [3.8, 4) is 0 Å². The molecule has 5 heteroatoms. The van der Waals surface area contributed by atoms with E-state index in [0.717, 1.165) is 63.8 Å². The van der Waals surface area contributed by atoms with Crippen LogP contribution in [0.4, 0.5) is 10.1 Å². The first-order chi connectivity index (χ1) is 14.2. The molecule has 1 aromatic rings. The van der Waals surface area contributed by atoms with Crippen LogP contribution in [-0.2, 0) is 4.79 Å². The molecule has 0 spiro atoms. The van der Waals surface area contributed by atoms with Crippen LogP contribution in [0, 0.1) is 17.7 Å². The quantitative estimate of drug-likeness (QED) is 0.716. The van der Waals surface area contributed by atoms with E-state index in [1.54, 1.807) is 12.1 Å². The summed E-state index contributed by atoms with van der Waals surface area (Å²) in [6, 6.07) is 7.11. The second-order valence-corrected chi connectivity index (χ2v) is 9.25. The molecule has 0 N–H and O–H groups in total. The number of rotatable bonds is 6. The molecule has 3 fully saturated rings. The summed E-state index contributed by atoms with van der Waals surface area (Å²) in [5.41, 5.74) is 0.744. The maximum absolute atomic E-state index is 14.0. The van der Waals surface area contributed by atoms with Crippen LogP contribution in [0.15, 0.2) is 24.3 Å². The molecule has 1 saturated carbocycles. The number of carbonyl (C=O) groups excluding carboxylic acids is 1. The van der Waals surface area contributed by atoms with Crippen molar-refractivity contribution in [2.45, 2.75) is 51.4 Å². The molecule has 2 aliphatic heterocycles. The zero-order valence-electron chi connectivity index (χ0n) is 17.7. The highest BCUT2D eigenvalue weighted by Gasteiger charge is 2.27. The Hall–Kier alpha value is -1.62. The minimum Gasteiger partial charge on any atom is -0.367 e. The molecule has 29 heavy (non-hydrogen) atoms. The summed E-state index contributed by atoms with van der Waals surface area (Å²) >= 11 is 0. The van der Waals surface area contributed by atoms with Crippen LogP contribution in [0.3, 0.4) is 0 Å². The number of para-hydroxylation sites is 1. The van der Waals surface area contributed by atoms with Gasteiger partial charge >= 0.3 is 0 Å². The van der Waals surface area contributed by atoms with E-state index < -0.39 is 0 Å². The molecule has 0 radical (unpaired) electrons. The average molecular weight is 402 g/mol. The predicted octanol–water partition coefficient (Wildman–Crippen LogP) is 4.16. The SMILES string of the molecule is O=C(CC1CCC(CCN2CCN(c3ccccc3F)CC2)CC1)N1CCCC1. The summed E-state index contributed by atoms with van der Waals surface area (Å²) < 4.78 is 14.0. The van der Waals surface area contributed by atoms with Gasteiger partial charge in [-0.05, 0) is 62.6 Å². The summed E-state index contributed by atoms with van der Waals surface area (Å²) in [5.74, 6) is 1.72. The standard InChI is InChI=1S/C24H36FN3O/c25-22-5-1-2-6-23(22)27-17-15-26(16-18-27)14-11-20-7-9-21(10-8-20)19-24(29)28-12-3-4-13-28/h1-2,5-6,20-21H,3-4,7-19H2. The van der Waals surface area contributed by atoms with Crippen LogP contribution in [-0.4, -0.2) is 61.5 Å². The zero-order valence-corrected chi connectivity index (χ0v) is 17.7. The molecule has 0 bridgehead atoms. The highest BCUT2D eigenvalue weighted by molar-refractivity contribution is 5.76. The van der Waals surface area contributed by atoms with Gasteiger partial charge in [0.15, 0.2) is 0 Å². The molecule has 4 rings (SSSR count). The third-order valence-electron chi connectivity index (χ3n) is 7.31. The van der Waals surface area contributed by atoms with Gasteiger partial charge in [-0.25, -0.2) is 4.39 Å². The maximum atomic E-state index is 14.0. The van der Waals surface area contributed by atoms with Gasteiger partial charge < -0.3 is 9.80 Å². The van der Waals surface area contributed by atoms with Crippen LogP contribution >= 0.6 is 0 Å². The lowest BCUT2D eigenvalue weighted by atomic mass is 9.79.